The Kier molecular flexibility index (Phi) is 4.77. The highest BCUT2D eigenvalue weighted by Crippen LogP contribution is 2.23. The van der Waals surface area contributed by atoms with Crippen LogP contribution in [0.15, 0.2) is 41.2 Å². The molecule has 2 N–H and O–H groups in total. The molecule has 1 aromatic heterocycles. The lowest BCUT2D eigenvalue weighted by Crippen LogP contribution is -2.15. The lowest BCUT2D eigenvalue weighted by Gasteiger charge is -2.10. The number of nitro groups is 1. The monoisotopic (exact) mass is 365 g/mol. The minimum absolute atomic E-state index is 0.104. The van der Waals surface area contributed by atoms with E-state index in [0.29, 0.717) is 23.2 Å². The molecule has 0 saturated heterocycles. The molecule has 3 rings (SSSR count). The van der Waals surface area contributed by atoms with E-state index in [1.165, 1.54) is 12.1 Å². The molecule has 0 aliphatic heterocycles. The van der Waals surface area contributed by atoms with Gasteiger partial charge in [-0.2, -0.15) is 0 Å². The Morgan fingerprint density at radius 2 is 1.93 bits per heavy atom. The molecule has 0 fully saturated rings. The zero-order chi connectivity index (χ0) is 19.7. The van der Waals surface area contributed by atoms with Crippen molar-refractivity contribution in [2.24, 2.45) is 0 Å². The number of carbonyl (C=O) groups is 1. The number of aromatic nitrogens is 1. The van der Waals surface area contributed by atoms with Crippen molar-refractivity contribution in [1.29, 1.82) is 0 Å². The second-order valence-corrected chi connectivity index (χ2v) is 6.38. The number of amides is 1. The highest BCUT2D eigenvalue weighted by molar-refractivity contribution is 6.05. The standard InChI is InChI=1S/C20H19N3O4/c1-4-15-12(3)16-8-7-14(10-17(16)22-20(15)25)21-19(24)13-6-5-11(2)18(9-13)23(26)27/h5-10H,4H2,1-3H3,(H,21,24)(H,22,25). The Morgan fingerprint density at radius 1 is 1.19 bits per heavy atom. The third-order valence-corrected chi connectivity index (χ3v) is 4.68. The second-order valence-electron chi connectivity index (χ2n) is 6.38. The molecule has 1 amide bonds. The Hall–Kier alpha value is -3.48. The number of rotatable bonds is 4. The number of hydrogen-bond acceptors (Lipinski definition) is 4. The van der Waals surface area contributed by atoms with Crippen LogP contribution in [-0.4, -0.2) is 15.8 Å². The minimum atomic E-state index is -0.513. The molecule has 0 bridgehead atoms. The van der Waals surface area contributed by atoms with Gasteiger partial charge in [0, 0.05) is 33.8 Å². The summed E-state index contributed by atoms with van der Waals surface area (Å²) in [6.45, 7) is 5.45. The van der Waals surface area contributed by atoms with E-state index < -0.39 is 10.8 Å². The molecule has 3 aromatic rings. The summed E-state index contributed by atoms with van der Waals surface area (Å²) >= 11 is 0. The zero-order valence-electron chi connectivity index (χ0n) is 15.3. The molecular weight excluding hydrogens is 346 g/mol. The van der Waals surface area contributed by atoms with Crippen molar-refractivity contribution in [2.45, 2.75) is 27.2 Å². The van der Waals surface area contributed by atoms with Crippen LogP contribution in [0, 0.1) is 24.0 Å². The summed E-state index contributed by atoms with van der Waals surface area (Å²) in [5.41, 5.74) is 3.22. The average Bonchev–Trinajstić information content (AvgIpc) is 2.61. The predicted molar refractivity (Wildman–Crippen MR) is 104 cm³/mol. The summed E-state index contributed by atoms with van der Waals surface area (Å²) in [6, 6.07) is 9.61. The van der Waals surface area contributed by atoms with Crippen molar-refractivity contribution < 1.29 is 9.72 Å². The summed E-state index contributed by atoms with van der Waals surface area (Å²) in [7, 11) is 0. The van der Waals surface area contributed by atoms with Gasteiger partial charge in [0.1, 0.15) is 0 Å². The van der Waals surface area contributed by atoms with Gasteiger partial charge in [0.2, 0.25) is 0 Å². The fraction of sp³-hybridized carbons (Fsp3) is 0.200. The maximum atomic E-state index is 12.5. The molecule has 0 spiro atoms. The van der Waals surface area contributed by atoms with Crippen molar-refractivity contribution in [3.05, 3.63) is 79.1 Å². The first-order valence-electron chi connectivity index (χ1n) is 8.53. The lowest BCUT2D eigenvalue weighted by atomic mass is 10.0. The van der Waals surface area contributed by atoms with Gasteiger partial charge in [0.15, 0.2) is 0 Å². The number of pyridine rings is 1. The van der Waals surface area contributed by atoms with Crippen LogP contribution in [0.3, 0.4) is 0 Å². The van der Waals surface area contributed by atoms with Gasteiger partial charge in [-0.1, -0.05) is 19.1 Å². The fourth-order valence-electron chi connectivity index (χ4n) is 3.16. The van der Waals surface area contributed by atoms with Crippen molar-refractivity contribution in [3.8, 4) is 0 Å². The zero-order valence-corrected chi connectivity index (χ0v) is 15.3. The Labute approximate surface area is 155 Å². The maximum Gasteiger partial charge on any atom is 0.273 e. The molecule has 0 radical (unpaired) electrons. The van der Waals surface area contributed by atoms with E-state index in [0.717, 1.165) is 16.5 Å². The fourth-order valence-corrected chi connectivity index (χ4v) is 3.16. The molecule has 1 heterocycles. The van der Waals surface area contributed by atoms with Gasteiger partial charge in [0.25, 0.3) is 17.2 Å². The molecule has 0 saturated carbocycles. The number of benzene rings is 2. The summed E-state index contributed by atoms with van der Waals surface area (Å²) in [5.74, 6) is -0.457. The number of nitro benzene ring substituents is 1. The van der Waals surface area contributed by atoms with Crippen LogP contribution < -0.4 is 10.9 Å². The number of nitrogens with one attached hydrogen (secondary N) is 2. The van der Waals surface area contributed by atoms with Crippen LogP contribution in [-0.2, 0) is 6.42 Å². The molecule has 7 nitrogen and oxygen atoms in total. The van der Waals surface area contributed by atoms with Crippen molar-refractivity contribution in [3.63, 3.8) is 0 Å². The van der Waals surface area contributed by atoms with Crippen molar-refractivity contribution >= 4 is 28.2 Å². The van der Waals surface area contributed by atoms with Gasteiger partial charge in [-0.15, -0.1) is 0 Å². The first-order chi connectivity index (χ1) is 12.8. The van der Waals surface area contributed by atoms with Crippen LogP contribution in [0.4, 0.5) is 11.4 Å². The first-order valence-corrected chi connectivity index (χ1v) is 8.53. The lowest BCUT2D eigenvalue weighted by molar-refractivity contribution is -0.385. The largest absolute Gasteiger partial charge is 0.322 e. The molecule has 0 atom stereocenters. The van der Waals surface area contributed by atoms with E-state index in [1.54, 1.807) is 25.1 Å². The summed E-state index contributed by atoms with van der Waals surface area (Å²) in [5, 5.41) is 14.7. The molecule has 0 aliphatic rings. The van der Waals surface area contributed by atoms with E-state index >= 15 is 0 Å². The van der Waals surface area contributed by atoms with Gasteiger partial charge in [-0.3, -0.25) is 19.7 Å². The van der Waals surface area contributed by atoms with Gasteiger partial charge < -0.3 is 10.3 Å². The van der Waals surface area contributed by atoms with E-state index in [1.807, 2.05) is 19.9 Å². The Bertz CT molecular complexity index is 1130. The SMILES string of the molecule is CCc1c(C)c2ccc(NC(=O)c3ccc(C)c([N+](=O)[O-])c3)cc2[nH]c1=O. The molecule has 27 heavy (non-hydrogen) atoms. The molecule has 2 aromatic carbocycles. The van der Waals surface area contributed by atoms with Crippen molar-refractivity contribution in [2.75, 3.05) is 5.32 Å². The highest BCUT2D eigenvalue weighted by Gasteiger charge is 2.15. The molecule has 0 aliphatic carbocycles. The normalized spacial score (nSPS) is 10.8. The average molecular weight is 365 g/mol. The number of nitrogens with zero attached hydrogens (tertiary/aromatic N) is 1. The molecule has 0 unspecified atom stereocenters. The first kappa shape index (κ1) is 18.3. The number of anilines is 1. The van der Waals surface area contributed by atoms with Gasteiger partial charge in [-0.05, 0) is 44.0 Å². The third kappa shape index (κ3) is 3.44. The number of aryl methyl sites for hydroxylation is 2. The van der Waals surface area contributed by atoms with E-state index in [9.17, 15) is 19.7 Å². The quantitative estimate of drug-likeness (QED) is 0.541. The number of hydrogen-bond donors (Lipinski definition) is 2. The summed E-state index contributed by atoms with van der Waals surface area (Å²) in [4.78, 5) is 38.0. The van der Waals surface area contributed by atoms with Gasteiger partial charge in [-0.25, -0.2) is 0 Å². The van der Waals surface area contributed by atoms with Crippen LogP contribution >= 0.6 is 0 Å². The van der Waals surface area contributed by atoms with Gasteiger partial charge in [0.05, 0.1) is 10.4 Å². The van der Waals surface area contributed by atoms with Crippen LogP contribution in [0.25, 0.3) is 10.9 Å². The van der Waals surface area contributed by atoms with Crippen LogP contribution in [0.5, 0.6) is 0 Å². The predicted octanol–water partition coefficient (Wildman–Crippen LogP) is 3.87. The molecular formula is C20H19N3O4. The van der Waals surface area contributed by atoms with Crippen LogP contribution in [0.1, 0.15) is 34.0 Å². The van der Waals surface area contributed by atoms with E-state index in [4.69, 9.17) is 0 Å². The van der Waals surface area contributed by atoms with Crippen molar-refractivity contribution in [1.82, 2.24) is 4.98 Å². The highest BCUT2D eigenvalue weighted by atomic mass is 16.6. The Morgan fingerprint density at radius 3 is 2.59 bits per heavy atom. The third-order valence-electron chi connectivity index (χ3n) is 4.68. The van der Waals surface area contributed by atoms with Gasteiger partial charge >= 0.3 is 0 Å². The number of fused-ring (bicyclic) bond motifs is 1. The topological polar surface area (TPSA) is 105 Å². The maximum absolute atomic E-state index is 12.5. The van der Waals surface area contributed by atoms with Crippen LogP contribution in [0.2, 0.25) is 0 Å². The summed E-state index contributed by atoms with van der Waals surface area (Å²) in [6.07, 6.45) is 0.641. The number of H-pyrrole nitrogens is 1. The minimum Gasteiger partial charge on any atom is -0.322 e. The number of aromatic amines is 1. The smallest absolute Gasteiger partial charge is 0.273 e. The second kappa shape index (κ2) is 7.03. The number of carbonyl (C=O) groups excluding carboxylic acids is 1. The molecule has 138 valence electrons. The summed E-state index contributed by atoms with van der Waals surface area (Å²) < 4.78 is 0. The Balaban J connectivity index is 1.95. The molecule has 7 heteroatoms. The van der Waals surface area contributed by atoms with E-state index in [-0.39, 0.29) is 16.8 Å². The van der Waals surface area contributed by atoms with E-state index in [2.05, 4.69) is 10.3 Å².